The number of unbranched alkanes of at least 4 members (excludes halogenated alkanes) is 4. The van der Waals surface area contributed by atoms with E-state index in [0.29, 0.717) is 0 Å². The lowest BCUT2D eigenvalue weighted by Crippen LogP contribution is -1.97. The van der Waals surface area contributed by atoms with Gasteiger partial charge in [0.2, 0.25) is 0 Å². The fraction of sp³-hybridized carbons (Fsp3) is 0.333. The molecule has 1 heterocycles. The molecule has 1 nitrogen and oxygen atoms in total. The van der Waals surface area contributed by atoms with E-state index in [9.17, 15) is 0 Å². The summed E-state index contributed by atoms with van der Waals surface area (Å²) in [5.41, 5.74) is 3.90. The Morgan fingerprint density at radius 3 is 2.50 bits per heavy atom. The molecule has 0 aliphatic rings. The number of rotatable bonds is 7. The highest BCUT2D eigenvalue weighted by Crippen LogP contribution is 2.30. The molecule has 114 valence electrons. The second kappa shape index (κ2) is 6.83. The smallest absolute Gasteiger partial charge is 0.0491 e. The van der Waals surface area contributed by atoms with Gasteiger partial charge in [0.1, 0.15) is 0 Å². The number of hydrogen-bond acceptors (Lipinski definition) is 0. The van der Waals surface area contributed by atoms with E-state index in [4.69, 9.17) is 0 Å². The lowest BCUT2D eigenvalue weighted by atomic mass is 10.1. The van der Waals surface area contributed by atoms with E-state index in [1.807, 2.05) is 6.08 Å². The molecular formula is C21H25N. The molecular weight excluding hydrogens is 266 g/mol. The van der Waals surface area contributed by atoms with Crippen molar-refractivity contribution in [2.24, 2.45) is 0 Å². The third-order valence-corrected chi connectivity index (χ3v) is 4.52. The first kappa shape index (κ1) is 14.9. The molecule has 1 aromatic heterocycles. The number of para-hydroxylation sites is 1. The first-order chi connectivity index (χ1) is 10.8. The summed E-state index contributed by atoms with van der Waals surface area (Å²) in [6.45, 7) is 7.28. The molecule has 0 saturated carbocycles. The van der Waals surface area contributed by atoms with Crippen LogP contribution in [0.2, 0.25) is 0 Å². The van der Waals surface area contributed by atoms with Gasteiger partial charge in [-0.1, -0.05) is 69.5 Å². The molecule has 0 aliphatic heterocycles. The van der Waals surface area contributed by atoms with Crippen molar-refractivity contribution in [3.8, 4) is 0 Å². The molecule has 0 spiro atoms. The van der Waals surface area contributed by atoms with Crippen molar-refractivity contribution >= 4 is 27.9 Å². The molecule has 3 rings (SSSR count). The summed E-state index contributed by atoms with van der Waals surface area (Å²) in [7, 11) is 0. The first-order valence-electron chi connectivity index (χ1n) is 8.48. The minimum Gasteiger partial charge on any atom is -0.340 e. The number of fused-ring (bicyclic) bond motifs is 3. The van der Waals surface area contributed by atoms with Crippen LogP contribution < -0.4 is 0 Å². The zero-order valence-corrected chi connectivity index (χ0v) is 13.5. The fourth-order valence-corrected chi connectivity index (χ4v) is 3.31. The monoisotopic (exact) mass is 291 g/mol. The maximum atomic E-state index is 3.90. The van der Waals surface area contributed by atoms with Gasteiger partial charge in [-0.3, -0.25) is 0 Å². The van der Waals surface area contributed by atoms with Crippen molar-refractivity contribution in [3.63, 3.8) is 0 Å². The average Bonchev–Trinajstić information content (AvgIpc) is 2.88. The highest BCUT2D eigenvalue weighted by molar-refractivity contribution is 6.08. The summed E-state index contributed by atoms with van der Waals surface area (Å²) in [6, 6.07) is 15.4. The van der Waals surface area contributed by atoms with Crippen molar-refractivity contribution < 1.29 is 0 Å². The Balaban J connectivity index is 1.97. The Labute approximate surface area is 133 Å². The standard InChI is InChI=1S/C21H25N/c1-3-5-6-7-10-15-22-20-12-9-8-11-18(20)19-16-17(4-2)13-14-21(19)22/h4,8-9,11-14,16H,2-3,5-7,10,15H2,1H3. The van der Waals surface area contributed by atoms with Gasteiger partial charge in [0, 0.05) is 28.4 Å². The molecule has 0 amide bonds. The van der Waals surface area contributed by atoms with Crippen molar-refractivity contribution in [1.82, 2.24) is 4.57 Å². The van der Waals surface area contributed by atoms with Crippen LogP contribution in [0.1, 0.15) is 44.6 Å². The van der Waals surface area contributed by atoms with Gasteiger partial charge in [-0.2, -0.15) is 0 Å². The van der Waals surface area contributed by atoms with Crippen LogP contribution >= 0.6 is 0 Å². The highest BCUT2D eigenvalue weighted by Gasteiger charge is 2.09. The molecule has 22 heavy (non-hydrogen) atoms. The number of aryl methyl sites for hydroxylation is 1. The van der Waals surface area contributed by atoms with E-state index in [-0.39, 0.29) is 0 Å². The lowest BCUT2D eigenvalue weighted by Gasteiger charge is -2.07. The predicted octanol–water partition coefficient (Wildman–Crippen LogP) is 6.41. The Morgan fingerprint density at radius 2 is 1.68 bits per heavy atom. The van der Waals surface area contributed by atoms with Crippen molar-refractivity contribution in [2.75, 3.05) is 0 Å². The van der Waals surface area contributed by atoms with E-state index in [2.05, 4.69) is 60.5 Å². The molecule has 1 heteroatoms. The maximum Gasteiger partial charge on any atom is 0.0491 e. The van der Waals surface area contributed by atoms with E-state index in [1.165, 1.54) is 59.5 Å². The molecule has 0 N–H and O–H groups in total. The van der Waals surface area contributed by atoms with E-state index < -0.39 is 0 Å². The summed E-state index contributed by atoms with van der Waals surface area (Å²) in [5, 5.41) is 2.70. The topological polar surface area (TPSA) is 4.93 Å². The zero-order chi connectivity index (χ0) is 15.4. The van der Waals surface area contributed by atoms with Crippen molar-refractivity contribution in [3.05, 3.63) is 54.6 Å². The van der Waals surface area contributed by atoms with Crippen LogP contribution in [-0.2, 0) is 6.54 Å². The summed E-state index contributed by atoms with van der Waals surface area (Å²) in [6.07, 6.45) is 8.53. The Bertz CT molecular complexity index is 779. The van der Waals surface area contributed by atoms with Crippen LogP contribution in [0.4, 0.5) is 0 Å². The Kier molecular flexibility index (Phi) is 4.62. The second-order valence-corrected chi connectivity index (χ2v) is 6.06. The minimum absolute atomic E-state index is 1.11. The van der Waals surface area contributed by atoms with Gasteiger partial charge < -0.3 is 4.57 Å². The molecule has 3 aromatic rings. The van der Waals surface area contributed by atoms with Crippen LogP contribution in [0.5, 0.6) is 0 Å². The van der Waals surface area contributed by atoms with Gasteiger partial charge in [-0.05, 0) is 30.2 Å². The van der Waals surface area contributed by atoms with Crippen LogP contribution in [0.25, 0.3) is 27.9 Å². The Morgan fingerprint density at radius 1 is 0.909 bits per heavy atom. The highest BCUT2D eigenvalue weighted by atomic mass is 15.0. The summed E-state index contributed by atoms with van der Waals surface area (Å²) in [4.78, 5) is 0. The molecule has 0 bridgehead atoms. The van der Waals surface area contributed by atoms with Crippen LogP contribution in [-0.4, -0.2) is 4.57 Å². The quantitative estimate of drug-likeness (QED) is 0.443. The van der Waals surface area contributed by atoms with Crippen LogP contribution in [0, 0.1) is 0 Å². The van der Waals surface area contributed by atoms with Crippen molar-refractivity contribution in [2.45, 2.75) is 45.6 Å². The molecule has 0 aliphatic carbocycles. The number of hydrogen-bond donors (Lipinski definition) is 0. The largest absolute Gasteiger partial charge is 0.340 e. The number of aromatic nitrogens is 1. The molecule has 0 radical (unpaired) electrons. The van der Waals surface area contributed by atoms with Crippen LogP contribution in [0.3, 0.4) is 0 Å². The SMILES string of the molecule is C=Cc1ccc2c(c1)c1ccccc1n2CCCCCCC. The third kappa shape index (κ3) is 2.81. The fourth-order valence-electron chi connectivity index (χ4n) is 3.31. The van der Waals surface area contributed by atoms with Crippen LogP contribution in [0.15, 0.2) is 49.0 Å². The molecule has 0 unspecified atom stereocenters. The predicted molar refractivity (Wildman–Crippen MR) is 98.3 cm³/mol. The maximum absolute atomic E-state index is 3.90. The number of benzene rings is 2. The van der Waals surface area contributed by atoms with Gasteiger partial charge in [-0.15, -0.1) is 0 Å². The average molecular weight is 291 g/mol. The zero-order valence-electron chi connectivity index (χ0n) is 13.5. The van der Waals surface area contributed by atoms with E-state index in [1.54, 1.807) is 0 Å². The van der Waals surface area contributed by atoms with Gasteiger partial charge in [0.15, 0.2) is 0 Å². The van der Waals surface area contributed by atoms with Gasteiger partial charge in [0.25, 0.3) is 0 Å². The molecule has 0 atom stereocenters. The number of nitrogens with zero attached hydrogens (tertiary/aromatic N) is 1. The first-order valence-corrected chi connectivity index (χ1v) is 8.48. The van der Waals surface area contributed by atoms with E-state index >= 15 is 0 Å². The van der Waals surface area contributed by atoms with Gasteiger partial charge in [0.05, 0.1) is 0 Å². The van der Waals surface area contributed by atoms with E-state index in [0.717, 1.165) is 6.54 Å². The summed E-state index contributed by atoms with van der Waals surface area (Å²) in [5.74, 6) is 0. The van der Waals surface area contributed by atoms with Gasteiger partial charge in [-0.25, -0.2) is 0 Å². The molecule has 0 fully saturated rings. The third-order valence-electron chi connectivity index (χ3n) is 4.52. The second-order valence-electron chi connectivity index (χ2n) is 6.06. The summed E-state index contributed by atoms with van der Waals surface area (Å²) < 4.78 is 2.49. The van der Waals surface area contributed by atoms with Crippen molar-refractivity contribution in [1.29, 1.82) is 0 Å². The normalized spacial score (nSPS) is 11.3. The summed E-state index contributed by atoms with van der Waals surface area (Å²) >= 11 is 0. The molecule has 0 saturated heterocycles. The Hall–Kier alpha value is -2.02. The lowest BCUT2D eigenvalue weighted by molar-refractivity contribution is 0.584. The minimum atomic E-state index is 1.11. The molecule has 2 aromatic carbocycles. The van der Waals surface area contributed by atoms with Gasteiger partial charge >= 0.3 is 0 Å².